The number of ether oxygens (including phenoxy) is 1. The lowest BCUT2D eigenvalue weighted by atomic mass is 10.1. The average molecular weight is 491 g/mol. The van der Waals surface area contributed by atoms with Gasteiger partial charge in [0.1, 0.15) is 5.01 Å². The van der Waals surface area contributed by atoms with Gasteiger partial charge in [-0.2, -0.15) is 0 Å². The van der Waals surface area contributed by atoms with E-state index in [4.69, 9.17) is 4.74 Å². The predicted octanol–water partition coefficient (Wildman–Crippen LogP) is 3.29. The number of amides is 2. The molecule has 0 aliphatic rings. The van der Waals surface area contributed by atoms with Gasteiger partial charge in [0, 0.05) is 17.3 Å². The molecule has 3 aromatic rings. The third kappa shape index (κ3) is 5.75. The molecule has 3 rings (SSSR count). The van der Waals surface area contributed by atoms with Crippen LogP contribution in [0.3, 0.4) is 0 Å². The Labute approximate surface area is 194 Å². The summed E-state index contributed by atoms with van der Waals surface area (Å²) in [6.45, 7) is 1.90. The molecule has 0 saturated heterocycles. The third-order valence-electron chi connectivity index (χ3n) is 3.99. The quantitative estimate of drug-likeness (QED) is 0.247. The summed E-state index contributed by atoms with van der Waals surface area (Å²) < 4.78 is 4.87. The highest BCUT2D eigenvalue weighted by atomic mass is 32.1. The van der Waals surface area contributed by atoms with Gasteiger partial charge in [0.2, 0.25) is 5.13 Å². The van der Waals surface area contributed by atoms with Crippen molar-refractivity contribution in [2.45, 2.75) is 6.92 Å². The summed E-state index contributed by atoms with van der Waals surface area (Å²) in [5.41, 5.74) is -1.38. The van der Waals surface area contributed by atoms with Gasteiger partial charge in [0.05, 0.1) is 28.1 Å². The second-order valence-corrected chi connectivity index (χ2v) is 7.12. The number of benzene rings is 2. The topological polar surface area (TPSA) is 239 Å². The zero-order valence-electron chi connectivity index (χ0n) is 17.6. The number of rotatable bonds is 7. The van der Waals surface area contributed by atoms with E-state index in [-0.39, 0.29) is 22.9 Å². The number of hydrogen-bond donors (Lipinski definition) is 3. The van der Waals surface area contributed by atoms with Gasteiger partial charge in [-0.25, -0.2) is 9.59 Å². The molecule has 34 heavy (non-hydrogen) atoms. The molecule has 15 nitrogen and oxygen atoms in total. The molecule has 0 fully saturated rings. The molecule has 6 N–H and O–H groups in total. The zero-order valence-corrected chi connectivity index (χ0v) is 18.5. The van der Waals surface area contributed by atoms with Crippen LogP contribution in [0.2, 0.25) is 0 Å². The minimum Gasteiger partial charge on any atom is -0.867 e. The number of anilines is 2. The van der Waals surface area contributed by atoms with Crippen LogP contribution in [0.25, 0.3) is 10.6 Å². The smallest absolute Gasteiger partial charge is 0.338 e. The van der Waals surface area contributed by atoms with Gasteiger partial charge in [-0.15, -0.1) is 10.2 Å². The Hall–Kier alpha value is -4.70. The van der Waals surface area contributed by atoms with E-state index in [1.165, 1.54) is 24.3 Å². The number of hydrogen-bond acceptors (Lipinski definition) is 11. The average Bonchev–Trinajstić information content (AvgIpc) is 3.22. The number of nitrogens with zero attached hydrogens (tertiary/aromatic N) is 4. The highest BCUT2D eigenvalue weighted by Gasteiger charge is 2.22. The number of nitro benzene ring substituents is 2. The van der Waals surface area contributed by atoms with Crippen molar-refractivity contribution in [1.82, 2.24) is 16.3 Å². The lowest BCUT2D eigenvalue weighted by Gasteiger charge is -2.10. The maximum absolute atomic E-state index is 12.3. The molecule has 0 unspecified atom stereocenters. The van der Waals surface area contributed by atoms with E-state index in [1.54, 1.807) is 6.92 Å². The van der Waals surface area contributed by atoms with Gasteiger partial charge in [0.15, 0.2) is 0 Å². The molecule has 1 heterocycles. The molecule has 0 atom stereocenters. The van der Waals surface area contributed by atoms with Gasteiger partial charge in [-0.1, -0.05) is 11.3 Å². The van der Waals surface area contributed by atoms with Crippen LogP contribution >= 0.6 is 11.3 Å². The van der Waals surface area contributed by atoms with E-state index in [0.717, 1.165) is 6.07 Å². The minimum atomic E-state index is -1.07. The summed E-state index contributed by atoms with van der Waals surface area (Å²) in [4.78, 5) is 44.0. The first-order chi connectivity index (χ1) is 15.7. The van der Waals surface area contributed by atoms with Crippen LogP contribution in [0.5, 0.6) is 5.75 Å². The Balaban J connectivity index is 0.00000408. The van der Waals surface area contributed by atoms with Gasteiger partial charge < -0.3 is 21.3 Å². The monoisotopic (exact) mass is 491 g/mol. The first-order valence-corrected chi connectivity index (χ1v) is 9.84. The second kappa shape index (κ2) is 10.7. The first-order valence-electron chi connectivity index (χ1n) is 9.02. The van der Waals surface area contributed by atoms with Gasteiger partial charge in [-0.3, -0.25) is 25.5 Å². The third-order valence-corrected chi connectivity index (χ3v) is 4.86. The van der Waals surface area contributed by atoms with E-state index >= 15 is 0 Å². The Morgan fingerprint density at radius 2 is 1.74 bits per heavy atom. The molecular weight excluding hydrogens is 474 g/mol. The second-order valence-electron chi connectivity index (χ2n) is 6.15. The minimum absolute atomic E-state index is 0. The summed E-state index contributed by atoms with van der Waals surface area (Å²) in [5.74, 6) is -1.58. The summed E-state index contributed by atoms with van der Waals surface area (Å²) in [5, 5.41) is 46.4. The van der Waals surface area contributed by atoms with Crippen molar-refractivity contribution in [3.63, 3.8) is 0 Å². The van der Waals surface area contributed by atoms with Gasteiger partial charge >= 0.3 is 12.0 Å². The molecule has 178 valence electrons. The number of non-ortho nitro benzene ring substituents is 1. The Morgan fingerprint density at radius 1 is 1.06 bits per heavy atom. The Morgan fingerprint density at radius 3 is 2.32 bits per heavy atom. The molecule has 2 amide bonds. The fourth-order valence-electron chi connectivity index (χ4n) is 2.54. The van der Waals surface area contributed by atoms with Crippen LogP contribution in [0.15, 0.2) is 36.4 Å². The highest BCUT2D eigenvalue weighted by molar-refractivity contribution is 7.18. The highest BCUT2D eigenvalue weighted by Crippen LogP contribution is 2.40. The SMILES string of the molecule is CCOC(=O)c1ccc(NC(=O)Nc2nnc(-c3cc([N+](=O)[O-])cc([N+](=O)[O-])c3[O-])s2)cc1.[NH4+]. The summed E-state index contributed by atoms with van der Waals surface area (Å²) >= 11 is 0.691. The van der Waals surface area contributed by atoms with Crippen molar-refractivity contribution >= 4 is 45.5 Å². The van der Waals surface area contributed by atoms with E-state index in [0.29, 0.717) is 28.7 Å². The van der Waals surface area contributed by atoms with Crippen LogP contribution in [0, 0.1) is 20.2 Å². The molecule has 16 heteroatoms. The Bertz CT molecular complexity index is 1250. The van der Waals surface area contributed by atoms with Crippen LogP contribution in [0.4, 0.5) is 27.0 Å². The van der Waals surface area contributed by atoms with Crippen LogP contribution in [-0.2, 0) is 4.74 Å². The first kappa shape index (κ1) is 25.6. The molecule has 0 aliphatic heterocycles. The summed E-state index contributed by atoms with van der Waals surface area (Å²) in [6.07, 6.45) is 0. The molecule has 0 radical (unpaired) electrons. The van der Waals surface area contributed by atoms with Gasteiger partial charge in [0.25, 0.3) is 11.4 Å². The molecule has 0 aliphatic carbocycles. The fourth-order valence-corrected chi connectivity index (χ4v) is 3.30. The molecule has 0 spiro atoms. The van der Waals surface area contributed by atoms with Crippen molar-refractivity contribution in [3.05, 3.63) is 62.2 Å². The molecule has 1 aromatic heterocycles. The van der Waals surface area contributed by atoms with Crippen LogP contribution in [-0.4, -0.2) is 38.7 Å². The predicted molar refractivity (Wildman–Crippen MR) is 119 cm³/mol. The van der Waals surface area contributed by atoms with Gasteiger partial charge in [-0.05, 0) is 36.9 Å². The van der Waals surface area contributed by atoms with Crippen LogP contribution in [0.1, 0.15) is 17.3 Å². The molecular formula is C18H17N7O8S. The number of urea groups is 1. The van der Waals surface area contributed by atoms with Crippen molar-refractivity contribution in [2.24, 2.45) is 0 Å². The number of carbonyl (C=O) groups is 2. The largest absolute Gasteiger partial charge is 0.867 e. The van der Waals surface area contributed by atoms with Crippen molar-refractivity contribution < 1.29 is 29.3 Å². The lowest BCUT2D eigenvalue weighted by Crippen LogP contribution is -2.19. The maximum Gasteiger partial charge on any atom is 0.338 e. The molecule has 2 aromatic carbocycles. The molecule has 0 saturated carbocycles. The number of nitrogens with one attached hydrogen (secondary N) is 2. The summed E-state index contributed by atoms with van der Waals surface area (Å²) in [7, 11) is 0. The van der Waals surface area contributed by atoms with Crippen molar-refractivity contribution in [3.8, 4) is 16.3 Å². The fraction of sp³-hybridized carbons (Fsp3) is 0.111. The number of nitro groups is 2. The lowest BCUT2D eigenvalue weighted by molar-refractivity contribution is -0.403. The molecule has 0 bridgehead atoms. The number of aromatic nitrogens is 2. The van der Waals surface area contributed by atoms with E-state index in [2.05, 4.69) is 20.8 Å². The van der Waals surface area contributed by atoms with E-state index in [1.807, 2.05) is 0 Å². The zero-order chi connectivity index (χ0) is 24.1. The standard InChI is InChI=1S/C18H14N6O8S.H3N/c1-2-32-16(26)9-3-5-10(6-4-9)19-17(27)20-18-22-21-15(33-18)12-7-11(23(28)29)8-13(14(12)25)24(30)31;/h3-8,25H,2H2,1H3,(H2,19,20,22,27);1H3. The van der Waals surface area contributed by atoms with Crippen molar-refractivity contribution in [2.75, 3.05) is 17.2 Å². The maximum atomic E-state index is 12.3. The number of carbonyl (C=O) groups excluding carboxylic acids is 2. The Kier molecular flexibility index (Phi) is 8.08. The number of esters is 1. The van der Waals surface area contributed by atoms with Crippen molar-refractivity contribution in [1.29, 1.82) is 0 Å². The van der Waals surface area contributed by atoms with E-state index in [9.17, 15) is 34.9 Å². The summed E-state index contributed by atoms with van der Waals surface area (Å²) in [6, 6.07) is 6.56. The normalized spacial score (nSPS) is 10.0. The van der Waals surface area contributed by atoms with Crippen LogP contribution < -0.4 is 21.9 Å². The van der Waals surface area contributed by atoms with E-state index < -0.39 is 44.5 Å². The number of quaternary nitrogens is 1.